The van der Waals surface area contributed by atoms with Gasteiger partial charge in [0.15, 0.2) is 0 Å². The number of imide groups is 1. The van der Waals surface area contributed by atoms with Crippen LogP contribution in [0.4, 0.5) is 13.2 Å². The van der Waals surface area contributed by atoms with Gasteiger partial charge in [0.1, 0.15) is 17.9 Å². The molecule has 2 N–H and O–H groups in total. The van der Waals surface area contributed by atoms with Crippen molar-refractivity contribution in [1.29, 1.82) is 0 Å². The van der Waals surface area contributed by atoms with Crippen molar-refractivity contribution in [1.82, 2.24) is 15.5 Å². The lowest BCUT2D eigenvalue weighted by molar-refractivity contribution is -0.186. The van der Waals surface area contributed by atoms with E-state index in [1.54, 1.807) is 18.2 Å². The van der Waals surface area contributed by atoms with Crippen molar-refractivity contribution in [3.63, 3.8) is 0 Å². The maximum Gasteiger partial charge on any atom is 0.395 e. The Kier molecular flexibility index (Phi) is 5.82. The second-order valence-corrected chi connectivity index (χ2v) is 9.93. The van der Waals surface area contributed by atoms with Crippen molar-refractivity contribution >= 4 is 17.7 Å². The third-order valence-electron chi connectivity index (χ3n) is 7.64. The van der Waals surface area contributed by atoms with Crippen LogP contribution in [-0.2, 0) is 16.1 Å². The minimum absolute atomic E-state index is 0.0827. The Balaban J connectivity index is 1.25. The smallest absolute Gasteiger partial charge is 0.395 e. The molecule has 0 radical (unpaired) electrons. The number of ether oxygens (including phenoxy) is 1. The van der Waals surface area contributed by atoms with Gasteiger partial charge in [-0.3, -0.25) is 19.7 Å². The Hall–Kier alpha value is -2.62. The van der Waals surface area contributed by atoms with E-state index in [1.165, 1.54) is 4.90 Å². The fourth-order valence-electron chi connectivity index (χ4n) is 5.31. The number of halogens is 3. The van der Waals surface area contributed by atoms with Gasteiger partial charge in [-0.05, 0) is 62.3 Å². The Bertz CT molecular complexity index is 1010. The zero-order chi connectivity index (χ0) is 24.1. The van der Waals surface area contributed by atoms with E-state index in [4.69, 9.17) is 4.74 Å². The first-order valence-corrected chi connectivity index (χ1v) is 11.9. The zero-order valence-corrected chi connectivity index (χ0v) is 18.7. The highest BCUT2D eigenvalue weighted by Crippen LogP contribution is 2.57. The van der Waals surface area contributed by atoms with Gasteiger partial charge in [-0.1, -0.05) is 6.42 Å². The van der Waals surface area contributed by atoms with Crippen LogP contribution in [0.5, 0.6) is 5.75 Å². The monoisotopic (exact) mass is 479 g/mol. The largest absolute Gasteiger partial charge is 0.489 e. The number of hydrogen-bond donors (Lipinski definition) is 2. The molecule has 0 aromatic heterocycles. The quantitative estimate of drug-likeness (QED) is 0.613. The average molecular weight is 479 g/mol. The predicted molar refractivity (Wildman–Crippen MR) is 115 cm³/mol. The second kappa shape index (κ2) is 8.55. The first-order chi connectivity index (χ1) is 16.2. The third-order valence-corrected chi connectivity index (χ3v) is 7.64. The molecule has 1 aromatic rings. The van der Waals surface area contributed by atoms with Gasteiger partial charge >= 0.3 is 6.18 Å². The molecule has 1 saturated heterocycles. The van der Waals surface area contributed by atoms with Crippen LogP contribution in [0.3, 0.4) is 0 Å². The van der Waals surface area contributed by atoms with Gasteiger partial charge in [0.2, 0.25) is 11.8 Å². The summed E-state index contributed by atoms with van der Waals surface area (Å²) in [6.45, 7) is 0.165. The summed E-state index contributed by atoms with van der Waals surface area (Å²) in [5, 5.41) is 5.43. The van der Waals surface area contributed by atoms with E-state index in [0.717, 1.165) is 31.2 Å². The third kappa shape index (κ3) is 4.28. The lowest BCUT2D eigenvalue weighted by Gasteiger charge is -2.34. The molecule has 4 aliphatic rings. The molecule has 184 valence electrons. The molecule has 1 unspecified atom stereocenters. The summed E-state index contributed by atoms with van der Waals surface area (Å²) in [7, 11) is 0. The molecule has 2 heterocycles. The van der Waals surface area contributed by atoms with Crippen LogP contribution in [0.15, 0.2) is 18.2 Å². The van der Waals surface area contributed by atoms with Gasteiger partial charge < -0.3 is 15.0 Å². The van der Waals surface area contributed by atoms with Crippen molar-refractivity contribution < 1.29 is 32.3 Å². The van der Waals surface area contributed by atoms with Crippen LogP contribution in [0.1, 0.15) is 67.3 Å². The van der Waals surface area contributed by atoms with E-state index < -0.39 is 23.5 Å². The van der Waals surface area contributed by atoms with Gasteiger partial charge in [-0.25, -0.2) is 0 Å². The molecule has 7 nitrogen and oxygen atoms in total. The van der Waals surface area contributed by atoms with E-state index in [0.29, 0.717) is 17.7 Å². The van der Waals surface area contributed by atoms with Crippen LogP contribution >= 0.6 is 0 Å². The van der Waals surface area contributed by atoms with Crippen molar-refractivity contribution in [3.8, 4) is 5.75 Å². The number of benzene rings is 1. The number of alkyl halides is 3. The molecular formula is C24H28F3N3O4. The highest BCUT2D eigenvalue weighted by molar-refractivity contribution is 6.05. The molecular weight excluding hydrogens is 451 g/mol. The summed E-state index contributed by atoms with van der Waals surface area (Å²) in [5.74, 6) is -0.487. The average Bonchev–Trinajstić information content (AvgIpc) is 3.52. The number of fused-ring (bicyclic) bond motifs is 1. The van der Waals surface area contributed by atoms with E-state index in [1.807, 2.05) is 0 Å². The Morgan fingerprint density at radius 1 is 1.12 bits per heavy atom. The SMILES string of the molecule is O=C1CCC(N2Cc3cc(O[C@H]4CCCC[C@H]4NCC4(C(F)(F)F)CC4)ccc3C2=O)C(=O)N1. The summed E-state index contributed by atoms with van der Waals surface area (Å²) in [6.07, 6.45) is -0.227. The van der Waals surface area contributed by atoms with Crippen molar-refractivity contribution in [2.75, 3.05) is 6.54 Å². The Labute approximate surface area is 195 Å². The maximum absolute atomic E-state index is 13.3. The minimum atomic E-state index is -4.19. The molecule has 34 heavy (non-hydrogen) atoms. The molecule has 3 amide bonds. The number of nitrogens with zero attached hydrogens (tertiary/aromatic N) is 1. The molecule has 2 aliphatic carbocycles. The van der Waals surface area contributed by atoms with Crippen LogP contribution in [0.2, 0.25) is 0 Å². The van der Waals surface area contributed by atoms with Gasteiger partial charge in [-0.15, -0.1) is 0 Å². The molecule has 3 fully saturated rings. The highest BCUT2D eigenvalue weighted by atomic mass is 19.4. The number of rotatable bonds is 6. The lowest BCUT2D eigenvalue weighted by Crippen LogP contribution is -2.52. The second-order valence-electron chi connectivity index (χ2n) is 9.93. The van der Waals surface area contributed by atoms with Crippen molar-refractivity contribution in [3.05, 3.63) is 29.3 Å². The summed E-state index contributed by atoms with van der Waals surface area (Å²) in [5.41, 5.74) is -0.361. The molecule has 2 aliphatic heterocycles. The van der Waals surface area contributed by atoms with E-state index in [9.17, 15) is 27.6 Å². The molecule has 10 heteroatoms. The summed E-state index contributed by atoms with van der Waals surface area (Å²) < 4.78 is 46.2. The van der Waals surface area contributed by atoms with Gasteiger partial charge in [0.05, 0.1) is 5.41 Å². The fourth-order valence-corrected chi connectivity index (χ4v) is 5.31. The predicted octanol–water partition coefficient (Wildman–Crippen LogP) is 3.07. The highest BCUT2D eigenvalue weighted by Gasteiger charge is 2.62. The first kappa shape index (κ1) is 23.1. The van der Waals surface area contributed by atoms with Crippen molar-refractivity contribution in [2.45, 2.75) is 82.3 Å². The molecule has 5 rings (SSSR count). The fraction of sp³-hybridized carbons (Fsp3) is 0.625. The van der Waals surface area contributed by atoms with Crippen molar-refractivity contribution in [2.24, 2.45) is 5.41 Å². The topological polar surface area (TPSA) is 87.7 Å². The molecule has 0 spiro atoms. The number of hydrogen-bond acceptors (Lipinski definition) is 5. The normalized spacial score (nSPS) is 28.5. The summed E-state index contributed by atoms with van der Waals surface area (Å²) in [4.78, 5) is 38.0. The first-order valence-electron chi connectivity index (χ1n) is 11.9. The number of nitrogens with one attached hydrogen (secondary N) is 2. The number of carbonyl (C=O) groups is 3. The number of piperidine rings is 1. The molecule has 0 bridgehead atoms. The van der Waals surface area contributed by atoms with E-state index in [-0.39, 0.29) is 56.3 Å². The minimum Gasteiger partial charge on any atom is -0.489 e. The standard InChI is InChI=1S/C24H28F3N3O4/c25-24(26,27)23(9-10-23)13-28-17-3-1-2-4-19(17)34-15-5-6-16-14(11-15)12-30(22(16)33)18-7-8-20(31)29-21(18)32/h5-6,11,17-19,28H,1-4,7-10,12-13H2,(H,29,31,32)/t17-,18?,19+/m1/s1. The summed E-state index contributed by atoms with van der Waals surface area (Å²) in [6, 6.07) is 4.31. The maximum atomic E-state index is 13.3. The van der Waals surface area contributed by atoms with E-state index >= 15 is 0 Å². The Morgan fingerprint density at radius 3 is 2.59 bits per heavy atom. The zero-order valence-electron chi connectivity index (χ0n) is 18.7. The lowest BCUT2D eigenvalue weighted by atomic mass is 9.91. The summed E-state index contributed by atoms with van der Waals surface area (Å²) >= 11 is 0. The van der Waals surface area contributed by atoms with Crippen LogP contribution in [0.25, 0.3) is 0 Å². The van der Waals surface area contributed by atoms with Gasteiger partial charge in [0.25, 0.3) is 5.91 Å². The van der Waals surface area contributed by atoms with Gasteiger partial charge in [0, 0.05) is 31.1 Å². The number of carbonyl (C=O) groups excluding carboxylic acids is 3. The van der Waals surface area contributed by atoms with Crippen LogP contribution in [0, 0.1) is 5.41 Å². The van der Waals surface area contributed by atoms with Gasteiger partial charge in [-0.2, -0.15) is 13.2 Å². The van der Waals surface area contributed by atoms with E-state index in [2.05, 4.69) is 10.6 Å². The molecule has 3 atom stereocenters. The molecule has 2 saturated carbocycles. The van der Waals surface area contributed by atoms with Crippen LogP contribution in [-0.4, -0.2) is 53.5 Å². The Morgan fingerprint density at radius 2 is 1.88 bits per heavy atom. The molecule has 1 aromatic carbocycles. The van der Waals surface area contributed by atoms with Crippen LogP contribution < -0.4 is 15.4 Å². The number of amides is 3.